The van der Waals surface area contributed by atoms with Crippen LogP contribution in [0.1, 0.15) is 28.9 Å². The summed E-state index contributed by atoms with van der Waals surface area (Å²) in [6.45, 7) is 2.67. The van der Waals surface area contributed by atoms with Gasteiger partial charge in [0.15, 0.2) is 5.78 Å². The van der Waals surface area contributed by atoms with Gasteiger partial charge in [0.25, 0.3) is 0 Å². The van der Waals surface area contributed by atoms with E-state index in [0.29, 0.717) is 0 Å². The third kappa shape index (κ3) is 4.32. The average molecular weight is 356 g/mol. The van der Waals surface area contributed by atoms with Gasteiger partial charge < -0.3 is 0 Å². The maximum atomic E-state index is 13.0. The zero-order valence-corrected chi connectivity index (χ0v) is 15.4. The van der Waals surface area contributed by atoms with Crippen molar-refractivity contribution in [2.75, 3.05) is 13.1 Å². The Bertz CT molecular complexity index is 875. The Morgan fingerprint density at radius 3 is 2.41 bits per heavy atom. The number of nitrogens with zero attached hydrogens (tertiary/aromatic N) is 2. The molecule has 0 amide bonds. The zero-order valence-electron chi connectivity index (χ0n) is 15.4. The van der Waals surface area contributed by atoms with E-state index in [0.717, 1.165) is 49.3 Å². The van der Waals surface area contributed by atoms with Gasteiger partial charge in [-0.05, 0) is 42.6 Å². The summed E-state index contributed by atoms with van der Waals surface area (Å²) < 4.78 is 0. The third-order valence-corrected chi connectivity index (χ3v) is 5.26. The summed E-state index contributed by atoms with van der Waals surface area (Å²) in [4.78, 5) is 19.8. The highest BCUT2D eigenvalue weighted by Gasteiger charge is 2.26. The summed E-state index contributed by atoms with van der Waals surface area (Å²) in [5.41, 5.74) is 4.21. The molecule has 2 heterocycles. The van der Waals surface area contributed by atoms with Gasteiger partial charge >= 0.3 is 0 Å². The molecule has 0 aliphatic carbocycles. The smallest absolute Gasteiger partial charge is 0.167 e. The normalized spacial score (nSPS) is 17.6. The Labute approximate surface area is 160 Å². The lowest BCUT2D eigenvalue weighted by atomic mass is 9.89. The van der Waals surface area contributed by atoms with Crippen molar-refractivity contribution in [3.05, 3.63) is 90.3 Å². The molecule has 0 unspecified atom stereocenters. The molecule has 136 valence electrons. The maximum absolute atomic E-state index is 13.0. The Kier molecular flexibility index (Phi) is 5.40. The van der Waals surface area contributed by atoms with E-state index in [-0.39, 0.29) is 11.7 Å². The lowest BCUT2D eigenvalue weighted by molar-refractivity contribution is 0.0810. The second kappa shape index (κ2) is 8.28. The molecule has 0 N–H and O–H groups in total. The van der Waals surface area contributed by atoms with Gasteiger partial charge in [0.1, 0.15) is 0 Å². The van der Waals surface area contributed by atoms with E-state index in [1.54, 1.807) is 0 Å². The van der Waals surface area contributed by atoms with Gasteiger partial charge in [0.2, 0.25) is 0 Å². The molecule has 0 saturated carbocycles. The number of carbonyl (C=O) groups is 1. The summed E-state index contributed by atoms with van der Waals surface area (Å²) in [7, 11) is 0. The number of ketones is 1. The quantitative estimate of drug-likeness (QED) is 0.613. The first-order chi connectivity index (χ1) is 13.3. The molecule has 3 heteroatoms. The lowest BCUT2D eigenvalue weighted by Crippen LogP contribution is -2.38. The molecule has 1 aliphatic rings. The number of hydrogen-bond donors (Lipinski definition) is 0. The van der Waals surface area contributed by atoms with Crippen molar-refractivity contribution in [2.24, 2.45) is 5.92 Å². The number of carbonyl (C=O) groups excluding carboxylic acids is 1. The van der Waals surface area contributed by atoms with Crippen LogP contribution < -0.4 is 0 Å². The van der Waals surface area contributed by atoms with Crippen molar-refractivity contribution >= 4 is 5.78 Å². The Hall–Kier alpha value is -2.78. The van der Waals surface area contributed by atoms with E-state index in [1.165, 1.54) is 5.56 Å². The van der Waals surface area contributed by atoms with Gasteiger partial charge in [-0.2, -0.15) is 0 Å². The van der Waals surface area contributed by atoms with Crippen LogP contribution >= 0.6 is 0 Å². The molecule has 0 bridgehead atoms. The van der Waals surface area contributed by atoms with Crippen molar-refractivity contribution in [3.63, 3.8) is 0 Å². The molecule has 3 nitrogen and oxygen atoms in total. The van der Waals surface area contributed by atoms with Gasteiger partial charge in [-0.25, -0.2) is 0 Å². The molecule has 1 aromatic heterocycles. The topological polar surface area (TPSA) is 33.2 Å². The monoisotopic (exact) mass is 356 g/mol. The minimum atomic E-state index is 0.0741. The van der Waals surface area contributed by atoms with Gasteiger partial charge in [-0.15, -0.1) is 0 Å². The van der Waals surface area contributed by atoms with Gasteiger partial charge in [-0.1, -0.05) is 60.7 Å². The van der Waals surface area contributed by atoms with E-state index in [9.17, 15) is 4.79 Å². The van der Waals surface area contributed by atoms with Gasteiger partial charge in [-0.3, -0.25) is 14.7 Å². The summed E-state index contributed by atoms with van der Waals surface area (Å²) in [5.74, 6) is 0.338. The average Bonchev–Trinajstić information content (AvgIpc) is 2.75. The fourth-order valence-corrected chi connectivity index (χ4v) is 3.83. The molecule has 1 aliphatic heterocycles. The summed E-state index contributed by atoms with van der Waals surface area (Å²) in [6, 6.07) is 24.3. The van der Waals surface area contributed by atoms with Crippen LogP contribution in [-0.4, -0.2) is 28.8 Å². The number of piperidine rings is 1. The number of likely N-dealkylation sites (tertiary alicyclic amines) is 1. The first-order valence-electron chi connectivity index (χ1n) is 9.61. The molecular weight excluding hydrogens is 332 g/mol. The number of pyridine rings is 1. The Morgan fingerprint density at radius 1 is 0.926 bits per heavy atom. The first kappa shape index (κ1) is 17.6. The summed E-state index contributed by atoms with van der Waals surface area (Å²) >= 11 is 0. The SMILES string of the molecule is O=C(c1ccc(-c2ccccc2)cc1)[C@@H]1CCCN(Cc2ccccn2)C1. The highest BCUT2D eigenvalue weighted by Crippen LogP contribution is 2.24. The number of hydrogen-bond acceptors (Lipinski definition) is 3. The third-order valence-electron chi connectivity index (χ3n) is 5.26. The number of benzene rings is 2. The minimum absolute atomic E-state index is 0.0741. The lowest BCUT2D eigenvalue weighted by Gasteiger charge is -2.31. The standard InChI is InChI=1S/C24H24N2O/c27-24(21-13-11-20(12-14-21)19-7-2-1-3-8-19)22-9-6-16-26(17-22)18-23-10-4-5-15-25-23/h1-5,7-8,10-15,22H,6,9,16-18H2/t22-/m1/s1. The number of Topliss-reactive ketones (excluding diaryl/α,β-unsaturated/α-hetero) is 1. The molecule has 0 spiro atoms. The summed E-state index contributed by atoms with van der Waals surface area (Å²) in [5, 5.41) is 0. The molecule has 4 rings (SSSR count). The predicted molar refractivity (Wildman–Crippen MR) is 108 cm³/mol. The Morgan fingerprint density at radius 2 is 1.67 bits per heavy atom. The fourth-order valence-electron chi connectivity index (χ4n) is 3.83. The minimum Gasteiger partial charge on any atom is -0.297 e. The van der Waals surface area contributed by atoms with Crippen molar-refractivity contribution in [1.29, 1.82) is 0 Å². The largest absolute Gasteiger partial charge is 0.297 e. The Balaban J connectivity index is 1.42. The fraction of sp³-hybridized carbons (Fsp3) is 0.250. The van der Waals surface area contributed by atoms with Crippen LogP contribution in [0.3, 0.4) is 0 Å². The van der Waals surface area contributed by atoms with Crippen LogP contribution in [0.25, 0.3) is 11.1 Å². The van der Waals surface area contributed by atoms with E-state index < -0.39 is 0 Å². The molecule has 1 fully saturated rings. The molecule has 1 saturated heterocycles. The van der Waals surface area contributed by atoms with Crippen LogP contribution in [-0.2, 0) is 6.54 Å². The van der Waals surface area contributed by atoms with Crippen LogP contribution in [0, 0.1) is 5.92 Å². The van der Waals surface area contributed by atoms with Gasteiger partial charge in [0, 0.05) is 30.8 Å². The summed E-state index contributed by atoms with van der Waals surface area (Å²) in [6.07, 6.45) is 3.86. The van der Waals surface area contributed by atoms with Crippen molar-refractivity contribution in [2.45, 2.75) is 19.4 Å². The van der Waals surface area contributed by atoms with E-state index in [2.05, 4.69) is 34.1 Å². The van der Waals surface area contributed by atoms with Crippen LogP contribution in [0.2, 0.25) is 0 Å². The highest BCUT2D eigenvalue weighted by atomic mass is 16.1. The molecule has 0 radical (unpaired) electrons. The molecule has 1 atom stereocenters. The van der Waals surface area contributed by atoms with Crippen molar-refractivity contribution in [3.8, 4) is 11.1 Å². The van der Waals surface area contributed by atoms with Crippen molar-refractivity contribution < 1.29 is 4.79 Å². The molecule has 27 heavy (non-hydrogen) atoms. The second-order valence-corrected chi connectivity index (χ2v) is 7.20. The first-order valence-corrected chi connectivity index (χ1v) is 9.61. The second-order valence-electron chi connectivity index (χ2n) is 7.20. The molecule has 3 aromatic rings. The zero-order chi connectivity index (χ0) is 18.5. The van der Waals surface area contributed by atoms with Crippen LogP contribution in [0.5, 0.6) is 0 Å². The number of aromatic nitrogens is 1. The van der Waals surface area contributed by atoms with Gasteiger partial charge in [0.05, 0.1) is 5.69 Å². The van der Waals surface area contributed by atoms with E-state index in [1.807, 2.05) is 54.7 Å². The number of rotatable bonds is 5. The van der Waals surface area contributed by atoms with E-state index >= 15 is 0 Å². The van der Waals surface area contributed by atoms with Crippen molar-refractivity contribution in [1.82, 2.24) is 9.88 Å². The maximum Gasteiger partial charge on any atom is 0.167 e. The van der Waals surface area contributed by atoms with E-state index in [4.69, 9.17) is 0 Å². The van der Waals surface area contributed by atoms with Crippen LogP contribution in [0.4, 0.5) is 0 Å². The predicted octanol–water partition coefficient (Wildman–Crippen LogP) is 4.84. The molecule has 2 aromatic carbocycles. The molecular formula is C24H24N2O. The van der Waals surface area contributed by atoms with Crippen LogP contribution in [0.15, 0.2) is 79.0 Å². The highest BCUT2D eigenvalue weighted by molar-refractivity contribution is 5.98.